The zero-order valence-corrected chi connectivity index (χ0v) is 16.5. The lowest BCUT2D eigenvalue weighted by Crippen LogP contribution is -2.42. The van der Waals surface area contributed by atoms with E-state index in [-0.39, 0.29) is 5.50 Å². The first kappa shape index (κ1) is 18.6. The number of nitrogens with one attached hydrogen (secondary N) is 2. The molecule has 1 aromatic carbocycles. The van der Waals surface area contributed by atoms with Crippen molar-refractivity contribution in [3.63, 3.8) is 0 Å². The summed E-state index contributed by atoms with van der Waals surface area (Å²) < 4.78 is 6.31. The van der Waals surface area contributed by atoms with E-state index in [1.165, 1.54) is 32.1 Å². The molecule has 1 unspecified atom stereocenters. The Labute approximate surface area is 152 Å². The van der Waals surface area contributed by atoms with Gasteiger partial charge < -0.3 is 4.74 Å². The van der Waals surface area contributed by atoms with Gasteiger partial charge in [0.05, 0.1) is 11.6 Å². The fourth-order valence-corrected chi connectivity index (χ4v) is 4.13. The molecule has 0 aromatic heterocycles. The number of halogens is 1. The number of ether oxygens (including phenoxy) is 1. The van der Waals surface area contributed by atoms with E-state index in [9.17, 15) is 0 Å². The van der Waals surface area contributed by atoms with Crippen LogP contribution in [0, 0.1) is 0 Å². The summed E-state index contributed by atoms with van der Waals surface area (Å²) in [5.41, 5.74) is 4.45. The average Bonchev–Trinajstić information content (AvgIpc) is 3.06. The van der Waals surface area contributed by atoms with Crippen LogP contribution in [0.25, 0.3) is 0 Å². The summed E-state index contributed by atoms with van der Waals surface area (Å²) in [7, 11) is 1.68. The van der Waals surface area contributed by atoms with Gasteiger partial charge in [0.15, 0.2) is 0 Å². The monoisotopic (exact) mass is 399 g/mol. The maximum absolute atomic E-state index is 5.35. The Morgan fingerprint density at radius 1 is 1.26 bits per heavy atom. The first-order valence-electron chi connectivity index (χ1n) is 8.36. The van der Waals surface area contributed by atoms with Crippen molar-refractivity contribution >= 4 is 32.7 Å². The highest BCUT2D eigenvalue weighted by Crippen LogP contribution is 2.30. The van der Waals surface area contributed by atoms with Gasteiger partial charge in [-0.25, -0.2) is 0 Å². The molecular weight excluding hydrogens is 374 g/mol. The SMILES string of the molecule is CC.COc1cc(C2=NNC(NC3CCCCC3)S2)ccc1Br. The molecule has 0 saturated heterocycles. The zero-order chi connectivity index (χ0) is 16.7. The van der Waals surface area contributed by atoms with Crippen molar-refractivity contribution in [1.82, 2.24) is 10.7 Å². The Morgan fingerprint density at radius 2 is 2.00 bits per heavy atom. The van der Waals surface area contributed by atoms with Crippen LogP contribution >= 0.6 is 27.7 Å². The van der Waals surface area contributed by atoms with Gasteiger partial charge in [-0.2, -0.15) is 5.10 Å². The molecule has 0 spiro atoms. The second kappa shape index (κ2) is 9.55. The van der Waals surface area contributed by atoms with E-state index in [1.54, 1.807) is 18.9 Å². The highest BCUT2D eigenvalue weighted by molar-refractivity contribution is 9.10. The Morgan fingerprint density at radius 3 is 2.70 bits per heavy atom. The molecule has 1 aromatic rings. The standard InChI is InChI=1S/C15H20BrN3OS.C2H6/c1-20-13-9-10(7-8-12(13)16)14-18-19-15(21-14)17-11-5-3-2-4-6-11;1-2/h7-9,11,15,17,19H,2-6H2,1H3;1-2H3. The van der Waals surface area contributed by atoms with Crippen LogP contribution in [0.15, 0.2) is 27.8 Å². The van der Waals surface area contributed by atoms with Crippen molar-refractivity contribution in [3.8, 4) is 5.75 Å². The van der Waals surface area contributed by atoms with Crippen LogP contribution in [0.2, 0.25) is 0 Å². The van der Waals surface area contributed by atoms with Crippen molar-refractivity contribution in [3.05, 3.63) is 28.2 Å². The molecule has 1 aliphatic carbocycles. The predicted molar refractivity (Wildman–Crippen MR) is 103 cm³/mol. The van der Waals surface area contributed by atoms with Crippen molar-refractivity contribution in [2.24, 2.45) is 5.10 Å². The minimum absolute atomic E-state index is 0.178. The molecule has 3 rings (SSSR count). The summed E-state index contributed by atoms with van der Waals surface area (Å²) in [5, 5.41) is 9.12. The van der Waals surface area contributed by atoms with Crippen LogP contribution in [0.4, 0.5) is 0 Å². The van der Waals surface area contributed by atoms with E-state index in [2.05, 4.69) is 37.8 Å². The number of rotatable bonds is 4. The van der Waals surface area contributed by atoms with Gasteiger partial charge in [-0.1, -0.05) is 50.9 Å². The molecule has 1 aliphatic heterocycles. The third-order valence-corrected chi connectivity index (χ3v) is 5.59. The van der Waals surface area contributed by atoms with Crippen LogP contribution in [0.1, 0.15) is 51.5 Å². The summed E-state index contributed by atoms with van der Waals surface area (Å²) in [6.45, 7) is 4.00. The van der Waals surface area contributed by atoms with Gasteiger partial charge in [-0.3, -0.25) is 10.7 Å². The van der Waals surface area contributed by atoms with Crippen molar-refractivity contribution in [2.75, 3.05) is 7.11 Å². The molecule has 0 radical (unpaired) electrons. The lowest BCUT2D eigenvalue weighted by molar-refractivity contribution is 0.355. The Hall–Kier alpha value is -0.720. The minimum atomic E-state index is 0.178. The fourth-order valence-electron chi connectivity index (χ4n) is 2.76. The zero-order valence-electron chi connectivity index (χ0n) is 14.1. The van der Waals surface area contributed by atoms with Gasteiger partial charge in [0.2, 0.25) is 0 Å². The lowest BCUT2D eigenvalue weighted by Gasteiger charge is -2.25. The summed E-state index contributed by atoms with van der Waals surface area (Å²) in [6, 6.07) is 6.70. The van der Waals surface area contributed by atoms with E-state index < -0.39 is 0 Å². The molecule has 1 heterocycles. The number of nitrogens with zero attached hydrogens (tertiary/aromatic N) is 1. The molecule has 0 amide bonds. The van der Waals surface area contributed by atoms with Gasteiger partial charge in [-0.05, 0) is 40.9 Å². The molecule has 0 bridgehead atoms. The van der Waals surface area contributed by atoms with Crippen LogP contribution < -0.4 is 15.5 Å². The molecule has 1 fully saturated rings. The fraction of sp³-hybridized carbons (Fsp3) is 0.588. The van der Waals surface area contributed by atoms with Gasteiger partial charge in [-0.15, -0.1) is 0 Å². The van der Waals surface area contributed by atoms with Crippen LogP contribution in [0.3, 0.4) is 0 Å². The van der Waals surface area contributed by atoms with E-state index in [0.717, 1.165) is 20.8 Å². The first-order valence-corrected chi connectivity index (χ1v) is 10.0. The second-order valence-electron chi connectivity index (χ2n) is 5.39. The third kappa shape index (κ3) is 5.13. The van der Waals surface area contributed by atoms with Crippen molar-refractivity contribution < 1.29 is 4.74 Å². The summed E-state index contributed by atoms with van der Waals surface area (Å²) in [6.07, 6.45) is 6.61. The second-order valence-corrected chi connectivity index (χ2v) is 7.34. The molecule has 128 valence electrons. The first-order chi connectivity index (χ1) is 11.3. The highest BCUT2D eigenvalue weighted by atomic mass is 79.9. The van der Waals surface area contributed by atoms with Crippen LogP contribution in [-0.2, 0) is 0 Å². The number of hydrazone groups is 1. The summed E-state index contributed by atoms with van der Waals surface area (Å²) in [5.74, 6) is 0.833. The van der Waals surface area contributed by atoms with Crippen molar-refractivity contribution in [2.45, 2.75) is 57.5 Å². The Kier molecular flexibility index (Phi) is 7.73. The molecule has 2 N–H and O–H groups in total. The Balaban J connectivity index is 0.000000924. The maximum Gasteiger partial charge on any atom is 0.147 e. The molecule has 1 saturated carbocycles. The molecule has 1 atom stereocenters. The van der Waals surface area contributed by atoms with Gasteiger partial charge in [0, 0.05) is 11.6 Å². The normalized spacial score (nSPS) is 21.0. The molecular formula is C17H26BrN3OS. The number of thioether (sulfide) groups is 1. The van der Waals surface area contributed by atoms with E-state index in [4.69, 9.17) is 4.74 Å². The molecule has 6 heteroatoms. The van der Waals surface area contributed by atoms with Gasteiger partial charge in [0.25, 0.3) is 0 Å². The highest BCUT2D eigenvalue weighted by Gasteiger charge is 2.24. The molecule has 4 nitrogen and oxygen atoms in total. The molecule has 2 aliphatic rings. The number of hydrogen-bond acceptors (Lipinski definition) is 5. The van der Waals surface area contributed by atoms with Crippen LogP contribution in [0.5, 0.6) is 5.75 Å². The third-order valence-electron chi connectivity index (χ3n) is 3.90. The van der Waals surface area contributed by atoms with E-state index in [0.29, 0.717) is 6.04 Å². The van der Waals surface area contributed by atoms with Gasteiger partial charge >= 0.3 is 0 Å². The predicted octanol–water partition coefficient (Wildman–Crippen LogP) is 4.69. The van der Waals surface area contributed by atoms with Gasteiger partial charge in [0.1, 0.15) is 16.3 Å². The quantitative estimate of drug-likeness (QED) is 0.770. The Bertz CT molecular complexity index is 533. The number of hydrogen-bond donors (Lipinski definition) is 2. The largest absolute Gasteiger partial charge is 0.496 e. The van der Waals surface area contributed by atoms with E-state index in [1.807, 2.05) is 26.0 Å². The topological polar surface area (TPSA) is 45.6 Å². The number of methoxy groups -OCH3 is 1. The van der Waals surface area contributed by atoms with E-state index >= 15 is 0 Å². The minimum Gasteiger partial charge on any atom is -0.496 e. The average molecular weight is 400 g/mol. The maximum atomic E-state index is 5.35. The molecule has 23 heavy (non-hydrogen) atoms. The summed E-state index contributed by atoms with van der Waals surface area (Å²) >= 11 is 5.22. The lowest BCUT2D eigenvalue weighted by atomic mass is 9.96. The smallest absolute Gasteiger partial charge is 0.147 e. The van der Waals surface area contributed by atoms with Crippen LogP contribution in [-0.4, -0.2) is 23.7 Å². The van der Waals surface area contributed by atoms with Crippen molar-refractivity contribution in [1.29, 1.82) is 0 Å². The number of benzene rings is 1. The summed E-state index contributed by atoms with van der Waals surface area (Å²) in [4.78, 5) is 0.